The lowest BCUT2D eigenvalue weighted by Gasteiger charge is -2.15. The van der Waals surface area contributed by atoms with Crippen LogP contribution in [0.25, 0.3) is 17.3 Å². The summed E-state index contributed by atoms with van der Waals surface area (Å²) < 4.78 is 37.9. The van der Waals surface area contributed by atoms with E-state index < -0.39 is 17.4 Å². The van der Waals surface area contributed by atoms with Gasteiger partial charge in [-0.25, -0.2) is 4.98 Å². The number of nitrogens with zero attached hydrogens (tertiary/aromatic N) is 1. The van der Waals surface area contributed by atoms with Crippen molar-refractivity contribution in [3.8, 4) is 0 Å². The van der Waals surface area contributed by atoms with E-state index in [4.69, 9.17) is 17.3 Å². The van der Waals surface area contributed by atoms with Crippen LogP contribution in [0.1, 0.15) is 16.8 Å². The second-order valence-electron chi connectivity index (χ2n) is 3.46. The van der Waals surface area contributed by atoms with Crippen LogP contribution >= 0.6 is 11.6 Å². The van der Waals surface area contributed by atoms with Gasteiger partial charge in [0.05, 0.1) is 11.3 Å². The Kier molecular flexibility index (Phi) is 3.86. The van der Waals surface area contributed by atoms with Crippen LogP contribution in [0.15, 0.2) is 25.8 Å². The van der Waals surface area contributed by atoms with Crippen LogP contribution in [0.4, 0.5) is 13.2 Å². The SMILES string of the molecule is C=Cc1c(C(=C)N)cc(Cl)nc1C(=C)C(F)(F)F. The first-order valence-corrected chi connectivity index (χ1v) is 5.10. The first kappa shape index (κ1) is 14.3. The van der Waals surface area contributed by atoms with Gasteiger partial charge in [0.1, 0.15) is 5.15 Å². The molecule has 0 unspecified atom stereocenters. The third-order valence-corrected chi connectivity index (χ3v) is 2.40. The lowest BCUT2D eigenvalue weighted by Crippen LogP contribution is -2.13. The number of allylic oxidation sites excluding steroid dienone is 1. The molecule has 0 aliphatic rings. The molecule has 0 aromatic carbocycles. The Morgan fingerprint density at radius 3 is 2.33 bits per heavy atom. The van der Waals surface area contributed by atoms with Gasteiger partial charge in [-0.2, -0.15) is 13.2 Å². The predicted molar refractivity (Wildman–Crippen MR) is 67.6 cm³/mol. The quantitative estimate of drug-likeness (QED) is 0.850. The van der Waals surface area contributed by atoms with E-state index in [1.807, 2.05) is 0 Å². The van der Waals surface area contributed by atoms with Gasteiger partial charge in [0.25, 0.3) is 0 Å². The van der Waals surface area contributed by atoms with E-state index in [9.17, 15) is 13.2 Å². The van der Waals surface area contributed by atoms with Crippen molar-refractivity contribution in [1.29, 1.82) is 0 Å². The normalized spacial score (nSPS) is 11.1. The van der Waals surface area contributed by atoms with Gasteiger partial charge in [-0.15, -0.1) is 0 Å². The maximum atomic E-state index is 12.6. The minimum atomic E-state index is -4.61. The van der Waals surface area contributed by atoms with Crippen molar-refractivity contribution >= 4 is 28.9 Å². The molecular formula is C12H10ClF3N2. The highest BCUT2D eigenvalue weighted by Gasteiger charge is 2.35. The Morgan fingerprint density at radius 2 is 1.94 bits per heavy atom. The van der Waals surface area contributed by atoms with Gasteiger partial charge < -0.3 is 5.73 Å². The van der Waals surface area contributed by atoms with Crippen LogP contribution in [0.2, 0.25) is 5.15 Å². The van der Waals surface area contributed by atoms with Crippen molar-refractivity contribution in [1.82, 2.24) is 4.98 Å². The predicted octanol–water partition coefficient (Wildman–Crippen LogP) is 3.88. The third-order valence-electron chi connectivity index (χ3n) is 2.21. The lowest BCUT2D eigenvalue weighted by molar-refractivity contribution is -0.0689. The highest BCUT2D eigenvalue weighted by molar-refractivity contribution is 6.29. The van der Waals surface area contributed by atoms with E-state index in [-0.39, 0.29) is 22.0 Å². The molecule has 1 aromatic rings. The molecule has 2 N–H and O–H groups in total. The fraction of sp³-hybridized carbons (Fsp3) is 0.0833. The van der Waals surface area contributed by atoms with E-state index in [0.717, 1.165) is 0 Å². The molecule has 0 atom stereocenters. The van der Waals surface area contributed by atoms with Gasteiger partial charge >= 0.3 is 6.18 Å². The van der Waals surface area contributed by atoms with Gasteiger partial charge in [-0.3, -0.25) is 0 Å². The van der Waals surface area contributed by atoms with E-state index in [1.165, 1.54) is 12.1 Å². The van der Waals surface area contributed by atoms with Crippen molar-refractivity contribution in [3.63, 3.8) is 0 Å². The van der Waals surface area contributed by atoms with E-state index >= 15 is 0 Å². The lowest BCUT2D eigenvalue weighted by atomic mass is 10.00. The average molecular weight is 275 g/mol. The molecule has 1 rings (SSSR count). The molecule has 0 saturated carbocycles. The first-order chi connectivity index (χ1) is 8.18. The number of hydrogen-bond acceptors (Lipinski definition) is 2. The van der Waals surface area contributed by atoms with Gasteiger partial charge in [-0.1, -0.05) is 37.4 Å². The Hall–Kier alpha value is -1.75. The fourth-order valence-corrected chi connectivity index (χ4v) is 1.55. The second-order valence-corrected chi connectivity index (χ2v) is 3.85. The number of halogens is 4. The molecule has 2 nitrogen and oxygen atoms in total. The summed E-state index contributed by atoms with van der Waals surface area (Å²) >= 11 is 5.67. The summed E-state index contributed by atoms with van der Waals surface area (Å²) in [5.74, 6) is 0. The molecule has 0 aliphatic carbocycles. The Balaban J connectivity index is 3.58. The van der Waals surface area contributed by atoms with Crippen molar-refractivity contribution in [2.75, 3.05) is 0 Å². The highest BCUT2D eigenvalue weighted by atomic mass is 35.5. The van der Waals surface area contributed by atoms with E-state index in [0.29, 0.717) is 0 Å². The number of alkyl halides is 3. The number of rotatable bonds is 3. The van der Waals surface area contributed by atoms with Crippen molar-refractivity contribution in [3.05, 3.63) is 47.8 Å². The maximum Gasteiger partial charge on any atom is 0.417 e. The zero-order chi connectivity index (χ0) is 14.1. The van der Waals surface area contributed by atoms with Crippen LogP contribution < -0.4 is 5.73 Å². The van der Waals surface area contributed by atoms with Crippen LogP contribution in [0.3, 0.4) is 0 Å². The van der Waals surface area contributed by atoms with Crippen molar-refractivity contribution < 1.29 is 13.2 Å². The number of hydrogen-bond donors (Lipinski definition) is 1. The summed E-state index contributed by atoms with van der Waals surface area (Å²) in [6, 6.07) is 1.33. The summed E-state index contributed by atoms with van der Waals surface area (Å²) in [6.07, 6.45) is -3.40. The Bertz CT molecular complexity index is 533. The minimum absolute atomic E-state index is 0.0745. The molecule has 0 spiro atoms. The molecule has 1 heterocycles. The molecule has 6 heteroatoms. The number of aromatic nitrogens is 1. The monoisotopic (exact) mass is 274 g/mol. The second kappa shape index (κ2) is 4.86. The molecule has 0 fully saturated rings. The average Bonchev–Trinajstić information content (AvgIpc) is 2.25. The van der Waals surface area contributed by atoms with Gasteiger partial charge in [0.2, 0.25) is 0 Å². The highest BCUT2D eigenvalue weighted by Crippen LogP contribution is 2.35. The smallest absolute Gasteiger partial charge is 0.399 e. The van der Waals surface area contributed by atoms with Crippen LogP contribution in [0, 0.1) is 0 Å². The van der Waals surface area contributed by atoms with Crippen LogP contribution in [-0.4, -0.2) is 11.2 Å². The summed E-state index contributed by atoms with van der Waals surface area (Å²) in [7, 11) is 0. The minimum Gasteiger partial charge on any atom is -0.399 e. The zero-order valence-electron chi connectivity index (χ0n) is 9.31. The molecule has 18 heavy (non-hydrogen) atoms. The molecular weight excluding hydrogens is 265 g/mol. The standard InChI is InChI=1S/C12H10ClF3N2/c1-4-8-9(7(3)17)5-10(13)18-11(8)6(2)12(14,15)16/h4-5H,1-3,17H2. The largest absolute Gasteiger partial charge is 0.417 e. The Labute approximate surface area is 107 Å². The summed E-state index contributed by atoms with van der Waals surface area (Å²) in [5, 5.41) is -0.123. The number of nitrogens with two attached hydrogens (primary N) is 1. The molecule has 0 amide bonds. The molecule has 0 aliphatic heterocycles. The summed E-state index contributed by atoms with van der Waals surface area (Å²) in [5.41, 5.74) is 4.43. The van der Waals surface area contributed by atoms with Gasteiger partial charge in [-0.05, 0) is 6.07 Å². The molecule has 0 saturated heterocycles. The van der Waals surface area contributed by atoms with Crippen molar-refractivity contribution in [2.24, 2.45) is 5.73 Å². The van der Waals surface area contributed by atoms with Crippen LogP contribution in [0.5, 0.6) is 0 Å². The fourth-order valence-electron chi connectivity index (χ4n) is 1.36. The van der Waals surface area contributed by atoms with E-state index in [1.54, 1.807) is 0 Å². The first-order valence-electron chi connectivity index (χ1n) is 4.72. The van der Waals surface area contributed by atoms with Gasteiger partial charge in [0, 0.05) is 16.8 Å². The zero-order valence-corrected chi connectivity index (χ0v) is 10.1. The summed E-state index contributed by atoms with van der Waals surface area (Å²) in [4.78, 5) is 3.63. The Morgan fingerprint density at radius 1 is 1.39 bits per heavy atom. The third kappa shape index (κ3) is 2.73. The molecule has 0 bridgehead atoms. The topological polar surface area (TPSA) is 38.9 Å². The van der Waals surface area contributed by atoms with E-state index in [2.05, 4.69) is 24.7 Å². The summed E-state index contributed by atoms with van der Waals surface area (Å²) in [6.45, 7) is 9.89. The van der Waals surface area contributed by atoms with Crippen molar-refractivity contribution in [2.45, 2.75) is 6.18 Å². The van der Waals surface area contributed by atoms with Crippen LogP contribution in [-0.2, 0) is 0 Å². The number of pyridine rings is 1. The van der Waals surface area contributed by atoms with Gasteiger partial charge in [0.15, 0.2) is 0 Å². The molecule has 96 valence electrons. The molecule has 1 aromatic heterocycles. The maximum absolute atomic E-state index is 12.6. The molecule has 0 radical (unpaired) electrons.